The molecule has 2 aromatic heterocycles. The summed E-state index contributed by atoms with van der Waals surface area (Å²) in [7, 11) is 0. The molecule has 0 radical (unpaired) electrons. The van der Waals surface area contributed by atoms with Gasteiger partial charge in [-0.1, -0.05) is 6.07 Å². The molecule has 0 spiro atoms. The average Bonchev–Trinajstić information content (AvgIpc) is 3.49. The molecule has 170 valence electrons. The largest absolute Gasteiger partial charge is 0.339 e. The second-order valence-corrected chi connectivity index (χ2v) is 8.99. The topological polar surface area (TPSA) is 84.2 Å². The normalized spacial score (nSPS) is 18.0. The van der Waals surface area contributed by atoms with Crippen molar-refractivity contribution in [3.63, 3.8) is 0 Å². The predicted molar refractivity (Wildman–Crippen MR) is 124 cm³/mol. The number of amides is 2. The van der Waals surface area contributed by atoms with Gasteiger partial charge in [0.25, 0.3) is 11.8 Å². The summed E-state index contributed by atoms with van der Waals surface area (Å²) in [5.41, 5.74) is 2.73. The van der Waals surface area contributed by atoms with Crippen LogP contribution in [-0.2, 0) is 0 Å². The molecule has 0 aliphatic carbocycles. The van der Waals surface area contributed by atoms with Crippen LogP contribution in [0.1, 0.15) is 77.3 Å². The summed E-state index contributed by atoms with van der Waals surface area (Å²) in [6.07, 6.45) is 6.61. The number of hydrogen-bond acceptors (Lipinski definition) is 5. The van der Waals surface area contributed by atoms with Crippen LogP contribution in [0.15, 0.2) is 48.9 Å². The maximum atomic E-state index is 13.3. The Bertz CT molecular complexity index is 1170. The molecule has 5 rings (SSSR count). The van der Waals surface area contributed by atoms with E-state index in [-0.39, 0.29) is 23.8 Å². The summed E-state index contributed by atoms with van der Waals surface area (Å²) in [6.45, 7) is 6.10. The lowest BCUT2D eigenvalue weighted by Crippen LogP contribution is -2.35. The number of rotatable bonds is 4. The van der Waals surface area contributed by atoms with Gasteiger partial charge in [0, 0.05) is 43.1 Å². The van der Waals surface area contributed by atoms with E-state index in [2.05, 4.69) is 15.1 Å². The number of likely N-dealkylation sites (tertiary alicyclic amines) is 1. The second-order valence-electron chi connectivity index (χ2n) is 8.99. The van der Waals surface area contributed by atoms with Crippen LogP contribution in [-0.4, -0.2) is 56.1 Å². The Morgan fingerprint density at radius 3 is 2.52 bits per heavy atom. The van der Waals surface area contributed by atoms with Crippen molar-refractivity contribution in [2.45, 2.75) is 45.1 Å². The van der Waals surface area contributed by atoms with Crippen molar-refractivity contribution in [1.29, 1.82) is 0 Å². The molecule has 1 aromatic carbocycles. The van der Waals surface area contributed by atoms with Crippen molar-refractivity contribution in [3.05, 3.63) is 71.6 Å². The summed E-state index contributed by atoms with van der Waals surface area (Å²) in [4.78, 5) is 38.9. The zero-order chi connectivity index (χ0) is 22.9. The lowest BCUT2D eigenvalue weighted by Gasteiger charge is -2.27. The quantitative estimate of drug-likeness (QED) is 0.613. The zero-order valence-corrected chi connectivity index (χ0v) is 19.0. The lowest BCUT2D eigenvalue weighted by molar-refractivity contribution is 0.0724. The van der Waals surface area contributed by atoms with Crippen LogP contribution in [0.2, 0.25) is 0 Å². The van der Waals surface area contributed by atoms with Crippen LogP contribution < -0.4 is 4.90 Å². The van der Waals surface area contributed by atoms with Gasteiger partial charge in [-0.15, -0.1) is 0 Å². The highest BCUT2D eigenvalue weighted by Crippen LogP contribution is 2.40. The van der Waals surface area contributed by atoms with E-state index in [1.54, 1.807) is 35.6 Å². The summed E-state index contributed by atoms with van der Waals surface area (Å²) in [5.74, 6) is 0.329. The highest BCUT2D eigenvalue weighted by Gasteiger charge is 2.37. The molecular weight excluding hydrogens is 416 g/mol. The van der Waals surface area contributed by atoms with E-state index >= 15 is 0 Å². The van der Waals surface area contributed by atoms with Crippen LogP contribution in [0.5, 0.6) is 0 Å². The maximum Gasteiger partial charge on any atom is 0.276 e. The Balaban J connectivity index is 1.53. The fourth-order valence-electron chi connectivity index (χ4n) is 4.61. The Hall–Kier alpha value is -3.55. The van der Waals surface area contributed by atoms with Gasteiger partial charge in [0.15, 0.2) is 5.82 Å². The Kier molecular flexibility index (Phi) is 5.66. The van der Waals surface area contributed by atoms with E-state index < -0.39 is 0 Å². The third-order valence-electron chi connectivity index (χ3n) is 6.45. The van der Waals surface area contributed by atoms with E-state index in [0.29, 0.717) is 23.6 Å². The molecule has 8 heteroatoms. The molecule has 0 bridgehead atoms. The number of piperidine rings is 1. The second kappa shape index (κ2) is 8.77. The monoisotopic (exact) mass is 444 g/mol. The summed E-state index contributed by atoms with van der Waals surface area (Å²) in [5, 5.41) is 4.68. The predicted octanol–water partition coefficient (Wildman–Crippen LogP) is 3.67. The van der Waals surface area contributed by atoms with E-state index in [9.17, 15) is 9.59 Å². The molecule has 2 amide bonds. The zero-order valence-electron chi connectivity index (χ0n) is 19.0. The van der Waals surface area contributed by atoms with Crippen LogP contribution in [0.25, 0.3) is 0 Å². The number of carbonyl (C=O) groups is 2. The molecular formula is C25H28N6O2. The minimum absolute atomic E-state index is 0.0476. The van der Waals surface area contributed by atoms with Crippen LogP contribution >= 0.6 is 0 Å². The van der Waals surface area contributed by atoms with Gasteiger partial charge in [0.2, 0.25) is 0 Å². The highest BCUT2D eigenvalue weighted by molar-refractivity contribution is 6.07. The van der Waals surface area contributed by atoms with Crippen molar-refractivity contribution in [3.8, 4) is 0 Å². The van der Waals surface area contributed by atoms with Gasteiger partial charge >= 0.3 is 0 Å². The summed E-state index contributed by atoms with van der Waals surface area (Å²) < 4.78 is 1.82. The van der Waals surface area contributed by atoms with Crippen molar-refractivity contribution in [1.82, 2.24) is 24.6 Å². The van der Waals surface area contributed by atoms with Crippen molar-refractivity contribution in [2.24, 2.45) is 0 Å². The molecule has 33 heavy (non-hydrogen) atoms. The van der Waals surface area contributed by atoms with E-state index in [0.717, 1.165) is 37.2 Å². The van der Waals surface area contributed by atoms with E-state index in [1.165, 1.54) is 6.42 Å². The van der Waals surface area contributed by atoms with Gasteiger partial charge in [-0.2, -0.15) is 5.10 Å². The third kappa shape index (κ3) is 4.01. The Morgan fingerprint density at radius 1 is 1.00 bits per heavy atom. The highest BCUT2D eigenvalue weighted by atomic mass is 16.2. The first-order valence-electron chi connectivity index (χ1n) is 11.6. The third-order valence-corrected chi connectivity index (χ3v) is 6.45. The Labute approximate surface area is 193 Å². The molecule has 1 atom stereocenters. The number of aromatic nitrogens is 4. The maximum absolute atomic E-state index is 13.3. The standard InChI is InChI=1S/C25H28N6O2/c1-17(2)31-16-27-23(28-31)20-15-30(25(33)21-8-4-5-11-26-21)22-10-9-18(14-19(20)22)24(32)29-12-6-3-7-13-29/h4-5,8-11,14,16-17,20H,3,6-7,12-13,15H2,1-2H3/t20-/m0/s1. The Morgan fingerprint density at radius 2 is 1.82 bits per heavy atom. The number of pyridine rings is 1. The van der Waals surface area contributed by atoms with Gasteiger partial charge in [-0.25, -0.2) is 4.98 Å². The first-order valence-corrected chi connectivity index (χ1v) is 11.6. The van der Waals surface area contributed by atoms with Gasteiger partial charge in [0.1, 0.15) is 12.0 Å². The van der Waals surface area contributed by atoms with Crippen LogP contribution in [0, 0.1) is 0 Å². The fraction of sp³-hybridized carbons (Fsp3) is 0.400. The van der Waals surface area contributed by atoms with E-state index in [4.69, 9.17) is 0 Å². The van der Waals surface area contributed by atoms with Gasteiger partial charge in [0.05, 0.1) is 5.92 Å². The average molecular weight is 445 g/mol. The van der Waals surface area contributed by atoms with Crippen LogP contribution in [0.4, 0.5) is 5.69 Å². The SMILES string of the molecule is CC(C)n1cnc([C@H]2CN(C(=O)c3ccccn3)c3ccc(C(=O)N4CCCCC4)cc32)n1. The van der Waals surface area contributed by atoms with Crippen LogP contribution in [0.3, 0.4) is 0 Å². The van der Waals surface area contributed by atoms with Gasteiger partial charge in [-0.3, -0.25) is 19.3 Å². The molecule has 0 N–H and O–H groups in total. The molecule has 1 fully saturated rings. The molecule has 8 nitrogen and oxygen atoms in total. The van der Waals surface area contributed by atoms with Crippen molar-refractivity contribution >= 4 is 17.5 Å². The molecule has 1 saturated heterocycles. The number of carbonyl (C=O) groups excluding carboxylic acids is 2. The van der Waals surface area contributed by atoms with Crippen molar-refractivity contribution < 1.29 is 9.59 Å². The molecule has 3 aromatic rings. The minimum Gasteiger partial charge on any atom is -0.339 e. The lowest BCUT2D eigenvalue weighted by atomic mass is 9.97. The molecule has 2 aliphatic rings. The first-order chi connectivity index (χ1) is 16.0. The van der Waals surface area contributed by atoms with Gasteiger partial charge < -0.3 is 9.80 Å². The number of benzene rings is 1. The number of anilines is 1. The molecule has 4 heterocycles. The smallest absolute Gasteiger partial charge is 0.276 e. The first kappa shape index (κ1) is 21.3. The summed E-state index contributed by atoms with van der Waals surface area (Å²) >= 11 is 0. The number of hydrogen-bond donors (Lipinski definition) is 0. The molecule has 2 aliphatic heterocycles. The minimum atomic E-state index is -0.207. The summed E-state index contributed by atoms with van der Waals surface area (Å²) in [6, 6.07) is 11.1. The fourth-order valence-corrected chi connectivity index (χ4v) is 4.61. The van der Waals surface area contributed by atoms with Crippen molar-refractivity contribution in [2.75, 3.05) is 24.5 Å². The number of nitrogens with zero attached hydrogens (tertiary/aromatic N) is 6. The number of fused-ring (bicyclic) bond motifs is 1. The van der Waals surface area contributed by atoms with E-state index in [1.807, 2.05) is 41.6 Å². The molecule has 0 unspecified atom stereocenters. The molecule has 0 saturated carbocycles. The van der Waals surface area contributed by atoms with Gasteiger partial charge in [-0.05, 0) is 69.0 Å².